The molecule has 29 heavy (non-hydrogen) atoms. The zero-order chi connectivity index (χ0) is 20.6. The summed E-state index contributed by atoms with van der Waals surface area (Å²) in [5.41, 5.74) is -0.759. The van der Waals surface area contributed by atoms with E-state index in [1.54, 1.807) is 4.90 Å². The second-order valence-corrected chi connectivity index (χ2v) is 9.46. The fourth-order valence-electron chi connectivity index (χ4n) is 5.29. The Bertz CT molecular complexity index is 653. The first kappa shape index (κ1) is 20.6. The number of imide groups is 1. The van der Waals surface area contributed by atoms with E-state index in [4.69, 9.17) is 4.74 Å². The molecule has 8 heteroatoms. The van der Waals surface area contributed by atoms with E-state index in [1.807, 2.05) is 0 Å². The highest BCUT2D eigenvalue weighted by Gasteiger charge is 2.54. The molecule has 4 aliphatic rings. The summed E-state index contributed by atoms with van der Waals surface area (Å²) in [5.74, 6) is 0.503. The van der Waals surface area contributed by atoms with Crippen molar-refractivity contribution in [2.24, 2.45) is 5.92 Å². The van der Waals surface area contributed by atoms with Crippen molar-refractivity contribution < 1.29 is 19.1 Å². The smallest absolute Gasteiger partial charge is 0.325 e. The van der Waals surface area contributed by atoms with Gasteiger partial charge in [0.2, 0.25) is 0 Å². The summed E-state index contributed by atoms with van der Waals surface area (Å²) >= 11 is 0. The van der Waals surface area contributed by atoms with Crippen LogP contribution in [0.5, 0.6) is 0 Å². The quantitative estimate of drug-likeness (QED) is 0.710. The van der Waals surface area contributed by atoms with Crippen molar-refractivity contribution in [1.82, 2.24) is 20.0 Å². The summed E-state index contributed by atoms with van der Waals surface area (Å²) < 4.78 is 5.54. The van der Waals surface area contributed by atoms with Crippen LogP contribution in [0.15, 0.2) is 0 Å². The van der Waals surface area contributed by atoms with Crippen LogP contribution in [0.2, 0.25) is 0 Å². The Labute approximate surface area is 172 Å². The second kappa shape index (κ2) is 8.22. The normalized spacial score (nSPS) is 30.4. The lowest BCUT2D eigenvalue weighted by Gasteiger charge is -2.39. The van der Waals surface area contributed by atoms with Crippen LogP contribution in [0.3, 0.4) is 0 Å². The van der Waals surface area contributed by atoms with Crippen LogP contribution in [-0.2, 0) is 14.3 Å². The van der Waals surface area contributed by atoms with Gasteiger partial charge in [-0.25, -0.2) is 4.79 Å². The molecule has 8 nitrogen and oxygen atoms in total. The number of likely N-dealkylation sites (tertiary alicyclic amines) is 2. The first-order chi connectivity index (χ1) is 13.9. The van der Waals surface area contributed by atoms with Crippen LogP contribution >= 0.6 is 0 Å². The van der Waals surface area contributed by atoms with Crippen LogP contribution in [0.25, 0.3) is 0 Å². The Morgan fingerprint density at radius 2 is 1.93 bits per heavy atom. The van der Waals surface area contributed by atoms with Crippen LogP contribution in [-0.4, -0.2) is 89.6 Å². The number of hydrogen-bond donors (Lipinski definition) is 1. The number of hydrogen-bond acceptors (Lipinski definition) is 5. The van der Waals surface area contributed by atoms with Gasteiger partial charge in [-0.15, -0.1) is 0 Å². The average Bonchev–Trinajstić information content (AvgIpc) is 3.31. The molecule has 0 aliphatic carbocycles. The van der Waals surface area contributed by atoms with Gasteiger partial charge < -0.3 is 19.9 Å². The SMILES string of the molecule is CC(C)CN1CCC2(CC1)NC(=O)N(C1CCCN(C(=O)C3CCCO3)C1)C2=O. The number of rotatable bonds is 4. The fraction of sp³-hybridized carbons (Fsp3) is 0.857. The zero-order valence-corrected chi connectivity index (χ0v) is 17.7. The molecule has 0 aromatic carbocycles. The van der Waals surface area contributed by atoms with Crippen LogP contribution in [0, 0.1) is 5.92 Å². The highest BCUT2D eigenvalue weighted by Crippen LogP contribution is 2.33. The van der Waals surface area contributed by atoms with Crippen molar-refractivity contribution in [3.05, 3.63) is 0 Å². The van der Waals surface area contributed by atoms with Gasteiger partial charge in [0.05, 0.1) is 6.04 Å². The van der Waals surface area contributed by atoms with Gasteiger partial charge in [0.15, 0.2) is 0 Å². The molecule has 1 spiro atoms. The average molecular weight is 407 g/mol. The van der Waals surface area contributed by atoms with Gasteiger partial charge in [-0.05, 0) is 44.4 Å². The van der Waals surface area contributed by atoms with Gasteiger partial charge in [0.25, 0.3) is 11.8 Å². The third-order valence-corrected chi connectivity index (χ3v) is 6.80. The molecule has 0 aromatic heterocycles. The first-order valence-electron chi connectivity index (χ1n) is 11.2. The predicted octanol–water partition coefficient (Wildman–Crippen LogP) is 1.20. The maximum atomic E-state index is 13.3. The number of nitrogens with zero attached hydrogens (tertiary/aromatic N) is 3. The van der Waals surface area contributed by atoms with Gasteiger partial charge in [-0.2, -0.15) is 0 Å². The minimum atomic E-state index is -0.759. The molecule has 2 atom stereocenters. The number of amides is 4. The maximum absolute atomic E-state index is 13.3. The Kier molecular flexibility index (Phi) is 5.84. The highest BCUT2D eigenvalue weighted by atomic mass is 16.5. The zero-order valence-electron chi connectivity index (χ0n) is 17.7. The van der Waals surface area contributed by atoms with E-state index >= 15 is 0 Å². The van der Waals surface area contributed by atoms with E-state index in [0.717, 1.165) is 45.3 Å². The van der Waals surface area contributed by atoms with Gasteiger partial charge in [-0.1, -0.05) is 13.8 Å². The molecule has 0 saturated carbocycles. The summed E-state index contributed by atoms with van der Waals surface area (Å²) in [5, 5.41) is 3.02. The van der Waals surface area contributed by atoms with Crippen molar-refractivity contribution in [3.63, 3.8) is 0 Å². The summed E-state index contributed by atoms with van der Waals surface area (Å²) in [6.45, 7) is 8.80. The van der Waals surface area contributed by atoms with Gasteiger partial charge in [0, 0.05) is 39.3 Å². The minimum Gasteiger partial charge on any atom is -0.368 e. The summed E-state index contributed by atoms with van der Waals surface area (Å²) in [7, 11) is 0. The Morgan fingerprint density at radius 3 is 2.59 bits per heavy atom. The molecular weight excluding hydrogens is 372 g/mol. The second-order valence-electron chi connectivity index (χ2n) is 9.46. The third kappa shape index (κ3) is 4.01. The molecule has 0 radical (unpaired) electrons. The van der Waals surface area contributed by atoms with Gasteiger partial charge >= 0.3 is 6.03 Å². The number of carbonyl (C=O) groups excluding carboxylic acids is 3. The maximum Gasteiger partial charge on any atom is 0.325 e. The number of carbonyl (C=O) groups is 3. The van der Waals surface area contributed by atoms with Crippen molar-refractivity contribution in [2.45, 2.75) is 70.1 Å². The van der Waals surface area contributed by atoms with Crippen LogP contribution in [0.4, 0.5) is 4.79 Å². The minimum absolute atomic E-state index is 0.0101. The standard InChI is InChI=1S/C21H34N4O4/c1-15(2)13-23-10-7-21(8-11-23)19(27)25(20(28)22-21)16-5-3-9-24(14-16)18(26)17-6-4-12-29-17/h15-17H,3-14H2,1-2H3,(H,22,28). The van der Waals surface area contributed by atoms with E-state index in [2.05, 4.69) is 24.1 Å². The molecule has 4 rings (SSSR count). The van der Waals surface area contributed by atoms with E-state index in [-0.39, 0.29) is 30.0 Å². The van der Waals surface area contributed by atoms with Gasteiger partial charge in [0.1, 0.15) is 11.6 Å². The lowest BCUT2D eigenvalue weighted by atomic mass is 9.86. The number of ether oxygens (including phenoxy) is 1. The van der Waals surface area contributed by atoms with Crippen molar-refractivity contribution in [1.29, 1.82) is 0 Å². The Hall–Kier alpha value is -1.67. The van der Waals surface area contributed by atoms with Gasteiger partial charge in [-0.3, -0.25) is 14.5 Å². The third-order valence-electron chi connectivity index (χ3n) is 6.80. The summed E-state index contributed by atoms with van der Waals surface area (Å²) in [6.07, 6.45) is 4.20. The molecule has 2 unspecified atom stereocenters. The summed E-state index contributed by atoms with van der Waals surface area (Å²) in [6, 6.07) is -0.529. The molecular formula is C21H34N4O4. The highest BCUT2D eigenvalue weighted by molar-refractivity contribution is 6.07. The van der Waals surface area contributed by atoms with E-state index in [0.29, 0.717) is 38.5 Å². The molecule has 0 bridgehead atoms. The fourth-order valence-corrected chi connectivity index (χ4v) is 5.29. The van der Waals surface area contributed by atoms with E-state index in [9.17, 15) is 14.4 Å². The molecule has 4 fully saturated rings. The molecule has 4 heterocycles. The monoisotopic (exact) mass is 406 g/mol. The molecule has 0 aromatic rings. The topological polar surface area (TPSA) is 82.2 Å². The number of piperidine rings is 2. The molecule has 4 aliphatic heterocycles. The predicted molar refractivity (Wildman–Crippen MR) is 107 cm³/mol. The lowest BCUT2D eigenvalue weighted by Crippen LogP contribution is -2.57. The van der Waals surface area contributed by atoms with E-state index in [1.165, 1.54) is 4.90 Å². The lowest BCUT2D eigenvalue weighted by molar-refractivity contribution is -0.145. The van der Waals surface area contributed by atoms with E-state index < -0.39 is 5.54 Å². The Morgan fingerprint density at radius 1 is 1.17 bits per heavy atom. The summed E-state index contributed by atoms with van der Waals surface area (Å²) in [4.78, 5) is 44.5. The van der Waals surface area contributed by atoms with Crippen LogP contribution in [0.1, 0.15) is 52.4 Å². The largest absolute Gasteiger partial charge is 0.368 e. The molecule has 1 N–H and O–H groups in total. The van der Waals surface area contributed by atoms with Crippen molar-refractivity contribution in [2.75, 3.05) is 39.3 Å². The van der Waals surface area contributed by atoms with Crippen molar-refractivity contribution >= 4 is 17.8 Å². The van der Waals surface area contributed by atoms with Crippen LogP contribution < -0.4 is 5.32 Å². The number of urea groups is 1. The molecule has 4 saturated heterocycles. The number of nitrogens with one attached hydrogen (secondary N) is 1. The molecule has 4 amide bonds. The van der Waals surface area contributed by atoms with Crippen molar-refractivity contribution in [3.8, 4) is 0 Å². The first-order valence-corrected chi connectivity index (χ1v) is 11.2. The molecule has 162 valence electrons. The Balaban J connectivity index is 1.40.